The summed E-state index contributed by atoms with van der Waals surface area (Å²) in [6.07, 6.45) is 14.1. The minimum Gasteiger partial charge on any atom is -0.424 e. The van der Waals surface area contributed by atoms with Crippen LogP contribution in [0.1, 0.15) is 84.1 Å². The number of rotatable bonds is 14. The van der Waals surface area contributed by atoms with Gasteiger partial charge in [0.1, 0.15) is 5.75 Å². The van der Waals surface area contributed by atoms with Crippen molar-refractivity contribution in [2.75, 3.05) is 0 Å². The number of carbonyl (C=O) groups is 1. The number of benzene rings is 2. The summed E-state index contributed by atoms with van der Waals surface area (Å²) in [5.74, 6) is 0.160. The van der Waals surface area contributed by atoms with Crippen molar-refractivity contribution >= 4 is 5.97 Å². The average Bonchev–Trinajstić information content (AvgIpc) is 2.90. The smallest absolute Gasteiger partial charge is 0.348 e. The molecule has 4 nitrogen and oxygen atoms in total. The molecule has 1 heterocycles. The van der Waals surface area contributed by atoms with Crippen molar-refractivity contribution in [1.29, 1.82) is 0 Å². The van der Waals surface area contributed by atoms with Crippen LogP contribution in [0.2, 0.25) is 0 Å². The van der Waals surface area contributed by atoms with Gasteiger partial charge in [0.2, 0.25) is 5.67 Å². The van der Waals surface area contributed by atoms with Crippen molar-refractivity contribution < 1.29 is 13.9 Å². The Labute approximate surface area is 215 Å². The van der Waals surface area contributed by atoms with E-state index in [0.29, 0.717) is 18.0 Å². The molecule has 0 N–H and O–H groups in total. The number of ether oxygens (including phenoxy) is 1. The third-order valence-corrected chi connectivity index (χ3v) is 6.49. The number of esters is 1. The summed E-state index contributed by atoms with van der Waals surface area (Å²) in [6, 6.07) is 15.1. The van der Waals surface area contributed by atoms with Gasteiger partial charge in [-0.25, -0.2) is 19.2 Å². The molecule has 0 aliphatic rings. The zero-order valence-corrected chi connectivity index (χ0v) is 21.9. The lowest BCUT2D eigenvalue weighted by molar-refractivity contribution is -0.147. The maximum atomic E-state index is 14.6. The van der Waals surface area contributed by atoms with E-state index in [0.717, 1.165) is 35.1 Å². The fraction of sp³-hybridized carbons (Fsp3) is 0.452. The minimum atomic E-state index is -1.99. The van der Waals surface area contributed by atoms with Crippen LogP contribution < -0.4 is 4.74 Å². The SMILES string of the molecule is CCCCCCCCc1cnc(-c2ccccc2-c2ccc(OC(=O)C(C)(F)CCCC)cc2)nc1. The van der Waals surface area contributed by atoms with Crippen molar-refractivity contribution in [3.63, 3.8) is 0 Å². The normalized spacial score (nSPS) is 12.8. The highest BCUT2D eigenvalue weighted by molar-refractivity contribution is 5.82. The largest absolute Gasteiger partial charge is 0.424 e. The molecule has 2 aromatic carbocycles. The van der Waals surface area contributed by atoms with E-state index in [2.05, 4.69) is 16.9 Å². The van der Waals surface area contributed by atoms with E-state index in [1.165, 1.54) is 45.4 Å². The van der Waals surface area contributed by atoms with Gasteiger partial charge in [-0.1, -0.05) is 88.8 Å². The monoisotopic (exact) mass is 490 g/mol. The van der Waals surface area contributed by atoms with Crippen molar-refractivity contribution in [3.05, 3.63) is 66.5 Å². The van der Waals surface area contributed by atoms with Gasteiger partial charge in [0.15, 0.2) is 5.82 Å². The minimum absolute atomic E-state index is 0.158. The average molecular weight is 491 g/mol. The van der Waals surface area contributed by atoms with E-state index in [4.69, 9.17) is 4.74 Å². The van der Waals surface area contributed by atoms with E-state index in [1.807, 2.05) is 55.7 Å². The third kappa shape index (κ3) is 7.97. The second-order valence-electron chi connectivity index (χ2n) is 9.69. The Kier molecular flexibility index (Phi) is 10.6. The molecule has 0 saturated heterocycles. The number of aryl methyl sites for hydroxylation is 1. The van der Waals surface area contributed by atoms with Gasteiger partial charge in [-0.2, -0.15) is 0 Å². The van der Waals surface area contributed by atoms with Crippen molar-refractivity contribution in [2.45, 2.75) is 90.6 Å². The number of nitrogens with zero attached hydrogens (tertiary/aromatic N) is 2. The number of alkyl halides is 1. The zero-order chi connectivity index (χ0) is 25.8. The first-order valence-electron chi connectivity index (χ1n) is 13.4. The molecular weight excluding hydrogens is 451 g/mol. The molecule has 0 spiro atoms. The van der Waals surface area contributed by atoms with Crippen LogP contribution in [0.25, 0.3) is 22.5 Å². The molecule has 0 bridgehead atoms. The Bertz CT molecular complexity index is 1080. The fourth-order valence-corrected chi connectivity index (χ4v) is 4.19. The molecule has 1 unspecified atom stereocenters. The summed E-state index contributed by atoms with van der Waals surface area (Å²) in [5, 5.41) is 0. The topological polar surface area (TPSA) is 52.1 Å². The Morgan fingerprint density at radius 3 is 2.11 bits per heavy atom. The molecule has 3 rings (SSSR count). The molecule has 0 fully saturated rings. The van der Waals surface area contributed by atoms with Crippen molar-refractivity contribution in [1.82, 2.24) is 9.97 Å². The first-order chi connectivity index (χ1) is 17.4. The summed E-state index contributed by atoms with van der Waals surface area (Å²) in [5.41, 5.74) is 2.04. The molecule has 0 radical (unpaired) electrons. The number of aromatic nitrogens is 2. The molecule has 192 valence electrons. The van der Waals surface area contributed by atoms with E-state index in [1.54, 1.807) is 12.1 Å². The molecule has 0 amide bonds. The van der Waals surface area contributed by atoms with Gasteiger partial charge < -0.3 is 4.74 Å². The Balaban J connectivity index is 1.66. The summed E-state index contributed by atoms with van der Waals surface area (Å²) in [4.78, 5) is 21.6. The molecule has 1 atom stereocenters. The summed E-state index contributed by atoms with van der Waals surface area (Å²) >= 11 is 0. The van der Waals surface area contributed by atoms with Gasteiger partial charge >= 0.3 is 5.97 Å². The van der Waals surface area contributed by atoms with Crippen LogP contribution in [0.3, 0.4) is 0 Å². The van der Waals surface area contributed by atoms with Crippen LogP contribution in [-0.2, 0) is 11.2 Å². The maximum Gasteiger partial charge on any atom is 0.348 e. The third-order valence-electron chi connectivity index (χ3n) is 6.49. The van der Waals surface area contributed by atoms with E-state index in [9.17, 15) is 9.18 Å². The first kappa shape index (κ1) is 27.5. The van der Waals surface area contributed by atoms with E-state index in [-0.39, 0.29) is 6.42 Å². The van der Waals surface area contributed by atoms with Crippen molar-refractivity contribution in [3.8, 4) is 28.3 Å². The molecule has 0 aliphatic carbocycles. The quantitative estimate of drug-likeness (QED) is 0.129. The maximum absolute atomic E-state index is 14.6. The van der Waals surface area contributed by atoms with Gasteiger partial charge in [-0.15, -0.1) is 0 Å². The highest BCUT2D eigenvalue weighted by Crippen LogP contribution is 2.31. The summed E-state index contributed by atoms with van der Waals surface area (Å²) < 4.78 is 19.9. The second kappa shape index (κ2) is 13.9. The molecular formula is C31H39FN2O2. The molecule has 0 aliphatic heterocycles. The van der Waals surface area contributed by atoms with Gasteiger partial charge in [0, 0.05) is 18.0 Å². The number of hydrogen-bond acceptors (Lipinski definition) is 4. The van der Waals surface area contributed by atoms with Crippen LogP contribution in [-0.4, -0.2) is 21.6 Å². The van der Waals surface area contributed by atoms with Crippen LogP contribution >= 0.6 is 0 Å². The molecule has 5 heteroatoms. The van der Waals surface area contributed by atoms with Gasteiger partial charge in [0.25, 0.3) is 0 Å². The first-order valence-corrected chi connectivity index (χ1v) is 13.4. The lowest BCUT2D eigenvalue weighted by Gasteiger charge is -2.18. The zero-order valence-electron chi connectivity index (χ0n) is 21.9. The molecule has 3 aromatic rings. The Morgan fingerprint density at radius 2 is 1.44 bits per heavy atom. The van der Waals surface area contributed by atoms with Gasteiger partial charge in [-0.3, -0.25) is 0 Å². The summed E-state index contributed by atoms with van der Waals surface area (Å²) in [7, 11) is 0. The second-order valence-corrected chi connectivity index (χ2v) is 9.69. The highest BCUT2D eigenvalue weighted by atomic mass is 19.1. The summed E-state index contributed by atoms with van der Waals surface area (Å²) in [6.45, 7) is 5.49. The van der Waals surface area contributed by atoms with Crippen LogP contribution in [0, 0.1) is 0 Å². The van der Waals surface area contributed by atoms with E-state index >= 15 is 0 Å². The Morgan fingerprint density at radius 1 is 0.833 bits per heavy atom. The van der Waals surface area contributed by atoms with E-state index < -0.39 is 11.6 Å². The molecule has 0 saturated carbocycles. The highest BCUT2D eigenvalue weighted by Gasteiger charge is 2.34. The number of hydrogen-bond donors (Lipinski definition) is 0. The van der Waals surface area contributed by atoms with Gasteiger partial charge in [0.05, 0.1) is 0 Å². The Hall–Kier alpha value is -3.08. The van der Waals surface area contributed by atoms with Gasteiger partial charge in [-0.05, 0) is 61.4 Å². The van der Waals surface area contributed by atoms with Crippen LogP contribution in [0.4, 0.5) is 4.39 Å². The van der Waals surface area contributed by atoms with Crippen LogP contribution in [0.5, 0.6) is 5.75 Å². The predicted octanol–water partition coefficient (Wildman–Crippen LogP) is 8.54. The number of halogens is 1. The number of carbonyl (C=O) groups excluding carboxylic acids is 1. The lowest BCUT2D eigenvalue weighted by Crippen LogP contribution is -2.34. The molecule has 36 heavy (non-hydrogen) atoms. The lowest BCUT2D eigenvalue weighted by atomic mass is 9.99. The van der Waals surface area contributed by atoms with Crippen LogP contribution in [0.15, 0.2) is 60.9 Å². The van der Waals surface area contributed by atoms with Crippen molar-refractivity contribution in [2.24, 2.45) is 0 Å². The molecule has 1 aromatic heterocycles. The fourth-order valence-electron chi connectivity index (χ4n) is 4.19. The standard InChI is InChI=1S/C31H39FN2O2/c1-4-6-8-9-10-11-14-24-22-33-29(34-23-24)28-16-13-12-15-27(28)25-17-19-26(20-18-25)36-30(35)31(3,32)21-7-5-2/h12-13,15-20,22-23H,4-11,14,21H2,1-3H3. The number of unbranched alkanes of at least 4 members (excludes halogenated alkanes) is 6. The predicted molar refractivity (Wildman–Crippen MR) is 145 cm³/mol.